The molecule has 0 aliphatic rings. The Morgan fingerprint density at radius 1 is 1.19 bits per heavy atom. The van der Waals surface area contributed by atoms with Gasteiger partial charge in [-0.25, -0.2) is 4.98 Å². The van der Waals surface area contributed by atoms with Gasteiger partial charge in [-0.1, -0.05) is 0 Å². The van der Waals surface area contributed by atoms with Gasteiger partial charge >= 0.3 is 0 Å². The minimum atomic E-state index is 0.171. The van der Waals surface area contributed by atoms with E-state index in [2.05, 4.69) is 26.6 Å². The third-order valence-corrected chi connectivity index (χ3v) is 3.46. The molecule has 0 saturated heterocycles. The van der Waals surface area contributed by atoms with Crippen molar-refractivity contribution in [2.24, 2.45) is 0 Å². The number of aromatic nitrogens is 5. The average molecular weight is 296 g/mol. The lowest BCUT2D eigenvalue weighted by Crippen LogP contribution is -1.98. The van der Waals surface area contributed by atoms with Crippen molar-refractivity contribution < 1.29 is 5.11 Å². The van der Waals surface area contributed by atoms with E-state index < -0.39 is 0 Å². The Morgan fingerprint density at radius 2 is 2.00 bits per heavy atom. The van der Waals surface area contributed by atoms with E-state index in [4.69, 9.17) is 5.26 Å². The molecule has 2 aromatic heterocycles. The standard InChI is InChI=1S/C13H8N6OS/c14-8-9-5-6-15-12(7-9)21-13-16-17-18-19(13)10-1-3-11(20)4-2-10/h1-7,20H. The molecule has 0 fully saturated rings. The predicted octanol–water partition coefficient (Wildman–Crippen LogP) is 1.79. The molecule has 0 spiro atoms. The summed E-state index contributed by atoms with van der Waals surface area (Å²) in [6, 6.07) is 11.9. The highest BCUT2D eigenvalue weighted by atomic mass is 32.2. The maximum atomic E-state index is 9.31. The van der Waals surface area contributed by atoms with Crippen LogP contribution < -0.4 is 0 Å². The van der Waals surface area contributed by atoms with Crippen molar-refractivity contribution in [1.82, 2.24) is 25.2 Å². The number of hydrogen-bond donors (Lipinski definition) is 1. The molecule has 21 heavy (non-hydrogen) atoms. The summed E-state index contributed by atoms with van der Waals surface area (Å²) in [6.45, 7) is 0. The molecule has 0 unspecified atom stereocenters. The zero-order valence-electron chi connectivity index (χ0n) is 10.6. The SMILES string of the molecule is N#Cc1ccnc(Sc2nnnn2-c2ccc(O)cc2)c1. The number of rotatable bonds is 3. The number of nitrogens with zero attached hydrogens (tertiary/aromatic N) is 6. The van der Waals surface area contributed by atoms with E-state index >= 15 is 0 Å². The van der Waals surface area contributed by atoms with Crippen LogP contribution in [-0.2, 0) is 0 Å². The van der Waals surface area contributed by atoms with Crippen molar-refractivity contribution in [3.05, 3.63) is 48.2 Å². The summed E-state index contributed by atoms with van der Waals surface area (Å²) in [4.78, 5) is 4.17. The second-order valence-electron chi connectivity index (χ2n) is 3.99. The summed E-state index contributed by atoms with van der Waals surface area (Å²) in [5.74, 6) is 0.171. The van der Waals surface area contributed by atoms with Crippen LogP contribution in [0.2, 0.25) is 0 Å². The van der Waals surface area contributed by atoms with Crippen LogP contribution in [-0.4, -0.2) is 30.3 Å². The minimum absolute atomic E-state index is 0.171. The summed E-state index contributed by atoms with van der Waals surface area (Å²) < 4.78 is 1.53. The Labute approximate surface area is 123 Å². The van der Waals surface area contributed by atoms with Gasteiger partial charge < -0.3 is 5.11 Å². The van der Waals surface area contributed by atoms with Crippen molar-refractivity contribution in [1.29, 1.82) is 5.26 Å². The fourth-order valence-corrected chi connectivity index (χ4v) is 2.42. The van der Waals surface area contributed by atoms with Crippen molar-refractivity contribution in [2.45, 2.75) is 10.2 Å². The molecule has 102 valence electrons. The molecule has 3 rings (SSSR count). The summed E-state index contributed by atoms with van der Waals surface area (Å²) in [5, 5.41) is 30.9. The summed E-state index contributed by atoms with van der Waals surface area (Å²) >= 11 is 1.25. The quantitative estimate of drug-likeness (QED) is 0.786. The Morgan fingerprint density at radius 3 is 2.76 bits per heavy atom. The Bertz CT molecular complexity index is 808. The van der Waals surface area contributed by atoms with Crippen molar-refractivity contribution >= 4 is 11.8 Å². The van der Waals surface area contributed by atoms with Crippen LogP contribution in [0, 0.1) is 11.3 Å². The Balaban J connectivity index is 1.92. The molecule has 8 heteroatoms. The molecular formula is C13H8N6OS. The normalized spacial score (nSPS) is 10.2. The van der Waals surface area contributed by atoms with Gasteiger partial charge in [-0.2, -0.15) is 9.94 Å². The van der Waals surface area contributed by atoms with Gasteiger partial charge in [-0.05, 0) is 58.6 Å². The van der Waals surface area contributed by atoms with E-state index in [0.717, 1.165) is 5.69 Å². The number of phenols is 1. The van der Waals surface area contributed by atoms with Gasteiger partial charge in [0.15, 0.2) is 0 Å². The van der Waals surface area contributed by atoms with Crippen LogP contribution in [0.25, 0.3) is 5.69 Å². The van der Waals surface area contributed by atoms with Gasteiger partial charge in [0.05, 0.1) is 17.3 Å². The monoisotopic (exact) mass is 296 g/mol. The highest BCUT2D eigenvalue weighted by molar-refractivity contribution is 7.99. The van der Waals surface area contributed by atoms with Crippen LogP contribution in [0.4, 0.5) is 0 Å². The van der Waals surface area contributed by atoms with E-state index in [1.165, 1.54) is 16.4 Å². The molecule has 1 N–H and O–H groups in total. The van der Waals surface area contributed by atoms with E-state index in [1.54, 1.807) is 42.6 Å². The summed E-state index contributed by atoms with van der Waals surface area (Å²) in [5.41, 5.74) is 1.24. The first kappa shape index (κ1) is 13.1. The summed E-state index contributed by atoms with van der Waals surface area (Å²) in [7, 11) is 0. The lowest BCUT2D eigenvalue weighted by molar-refractivity contribution is 0.475. The number of phenolic OH excluding ortho intramolecular Hbond substituents is 1. The molecule has 2 heterocycles. The zero-order chi connectivity index (χ0) is 14.7. The van der Waals surface area contributed by atoms with Crippen LogP contribution >= 0.6 is 11.8 Å². The number of hydrogen-bond acceptors (Lipinski definition) is 7. The molecular weight excluding hydrogens is 288 g/mol. The molecule has 0 amide bonds. The van der Waals surface area contributed by atoms with E-state index in [-0.39, 0.29) is 5.75 Å². The Hall–Kier alpha value is -2.92. The number of aromatic hydroxyl groups is 1. The molecule has 0 saturated carbocycles. The largest absolute Gasteiger partial charge is 0.508 e. The van der Waals surface area contributed by atoms with Crippen molar-refractivity contribution in [3.8, 4) is 17.5 Å². The maximum Gasteiger partial charge on any atom is 0.220 e. The van der Waals surface area contributed by atoms with Gasteiger partial charge in [0, 0.05) is 6.20 Å². The van der Waals surface area contributed by atoms with E-state index in [1.807, 2.05) is 0 Å². The van der Waals surface area contributed by atoms with Gasteiger partial charge in [0.25, 0.3) is 0 Å². The van der Waals surface area contributed by atoms with Crippen LogP contribution in [0.3, 0.4) is 0 Å². The first-order valence-electron chi connectivity index (χ1n) is 5.88. The molecule has 0 atom stereocenters. The van der Waals surface area contributed by atoms with Crippen molar-refractivity contribution in [2.75, 3.05) is 0 Å². The van der Waals surface area contributed by atoms with Crippen LogP contribution in [0.5, 0.6) is 5.75 Å². The number of nitriles is 1. The fourth-order valence-electron chi connectivity index (χ4n) is 1.63. The van der Waals surface area contributed by atoms with Gasteiger partial charge in [0.1, 0.15) is 10.8 Å². The average Bonchev–Trinajstić information content (AvgIpc) is 2.96. The third kappa shape index (κ3) is 2.82. The first-order chi connectivity index (χ1) is 10.3. The minimum Gasteiger partial charge on any atom is -0.508 e. The second-order valence-corrected chi connectivity index (χ2v) is 4.97. The highest BCUT2D eigenvalue weighted by Crippen LogP contribution is 2.26. The highest BCUT2D eigenvalue weighted by Gasteiger charge is 2.11. The zero-order valence-corrected chi connectivity index (χ0v) is 11.4. The third-order valence-electron chi connectivity index (χ3n) is 2.59. The lowest BCUT2D eigenvalue weighted by atomic mass is 10.3. The predicted molar refractivity (Wildman–Crippen MR) is 73.9 cm³/mol. The number of benzene rings is 1. The molecule has 1 aromatic carbocycles. The van der Waals surface area contributed by atoms with Crippen LogP contribution in [0.1, 0.15) is 5.56 Å². The Kier molecular flexibility index (Phi) is 3.49. The first-order valence-corrected chi connectivity index (χ1v) is 6.70. The van der Waals surface area contributed by atoms with Gasteiger partial charge in [0.2, 0.25) is 5.16 Å². The van der Waals surface area contributed by atoms with Gasteiger partial charge in [-0.15, -0.1) is 5.10 Å². The molecule has 0 bridgehead atoms. The van der Waals surface area contributed by atoms with Crippen molar-refractivity contribution in [3.63, 3.8) is 0 Å². The topological polar surface area (TPSA) is 101 Å². The van der Waals surface area contributed by atoms with E-state index in [9.17, 15) is 5.11 Å². The lowest BCUT2D eigenvalue weighted by Gasteiger charge is -2.04. The molecule has 7 nitrogen and oxygen atoms in total. The van der Waals surface area contributed by atoms with E-state index in [0.29, 0.717) is 15.7 Å². The number of tetrazole rings is 1. The fraction of sp³-hybridized carbons (Fsp3) is 0. The summed E-state index contributed by atoms with van der Waals surface area (Å²) in [6.07, 6.45) is 1.57. The van der Waals surface area contributed by atoms with Gasteiger partial charge in [-0.3, -0.25) is 0 Å². The molecule has 0 aliphatic carbocycles. The molecule has 0 radical (unpaired) electrons. The molecule has 3 aromatic rings. The van der Waals surface area contributed by atoms with Crippen LogP contribution in [0.15, 0.2) is 52.8 Å². The number of pyridine rings is 1. The maximum absolute atomic E-state index is 9.31. The smallest absolute Gasteiger partial charge is 0.220 e. The second kappa shape index (κ2) is 5.60. The molecule has 0 aliphatic heterocycles.